The SMILES string of the molecule is CCC(C)C(CC)C(=O)NCN(CCC(C)C)CCC(C)C. The van der Waals surface area contributed by atoms with Gasteiger partial charge in [0.1, 0.15) is 0 Å². The Balaban J connectivity index is 4.41. The topological polar surface area (TPSA) is 32.3 Å². The Morgan fingerprint density at radius 3 is 1.77 bits per heavy atom. The van der Waals surface area contributed by atoms with Crippen LogP contribution >= 0.6 is 0 Å². The second kappa shape index (κ2) is 11.9. The third-order valence-electron chi connectivity index (χ3n) is 4.63. The van der Waals surface area contributed by atoms with Gasteiger partial charge in [0.15, 0.2) is 0 Å². The van der Waals surface area contributed by atoms with Gasteiger partial charge >= 0.3 is 0 Å². The van der Waals surface area contributed by atoms with Gasteiger partial charge in [-0.15, -0.1) is 0 Å². The lowest BCUT2D eigenvalue weighted by Gasteiger charge is -2.27. The van der Waals surface area contributed by atoms with Crippen LogP contribution in [0.4, 0.5) is 0 Å². The van der Waals surface area contributed by atoms with Crippen LogP contribution in [0.5, 0.6) is 0 Å². The lowest BCUT2D eigenvalue weighted by molar-refractivity contribution is -0.127. The maximum atomic E-state index is 12.4. The summed E-state index contributed by atoms with van der Waals surface area (Å²) in [5.41, 5.74) is 0. The number of carbonyl (C=O) groups is 1. The van der Waals surface area contributed by atoms with Gasteiger partial charge in [0.05, 0.1) is 6.67 Å². The van der Waals surface area contributed by atoms with Crippen LogP contribution in [0.3, 0.4) is 0 Å². The Kier molecular flexibility index (Phi) is 11.6. The van der Waals surface area contributed by atoms with Crippen LogP contribution in [-0.2, 0) is 4.79 Å². The zero-order chi connectivity index (χ0) is 17.1. The van der Waals surface area contributed by atoms with Gasteiger partial charge < -0.3 is 5.32 Å². The predicted octanol–water partition coefficient (Wildman–Crippen LogP) is 4.53. The zero-order valence-electron chi connectivity index (χ0n) is 16.1. The molecule has 2 atom stereocenters. The van der Waals surface area contributed by atoms with E-state index >= 15 is 0 Å². The summed E-state index contributed by atoms with van der Waals surface area (Å²) in [6.07, 6.45) is 4.38. The van der Waals surface area contributed by atoms with E-state index in [4.69, 9.17) is 0 Å². The minimum atomic E-state index is 0.155. The van der Waals surface area contributed by atoms with Gasteiger partial charge in [-0.2, -0.15) is 0 Å². The molecule has 0 saturated heterocycles. The smallest absolute Gasteiger partial charge is 0.224 e. The molecule has 0 aromatic heterocycles. The molecule has 0 rings (SSSR count). The third kappa shape index (κ3) is 9.45. The summed E-state index contributed by atoms with van der Waals surface area (Å²) in [5.74, 6) is 2.27. The number of hydrogen-bond donors (Lipinski definition) is 1. The van der Waals surface area contributed by atoms with E-state index < -0.39 is 0 Å². The summed E-state index contributed by atoms with van der Waals surface area (Å²) >= 11 is 0. The molecular weight excluding hydrogens is 272 g/mol. The van der Waals surface area contributed by atoms with Gasteiger partial charge in [0, 0.05) is 19.0 Å². The molecule has 0 aromatic carbocycles. The highest BCUT2D eigenvalue weighted by Gasteiger charge is 2.22. The molecule has 3 heteroatoms. The lowest BCUT2D eigenvalue weighted by atomic mass is 9.89. The molecule has 22 heavy (non-hydrogen) atoms. The molecule has 0 aromatic rings. The van der Waals surface area contributed by atoms with E-state index in [1.807, 2.05) is 0 Å². The summed E-state index contributed by atoms with van der Waals surface area (Å²) in [6.45, 7) is 18.3. The Labute approximate surface area is 139 Å². The van der Waals surface area contributed by atoms with Crippen molar-refractivity contribution in [2.45, 2.75) is 74.1 Å². The zero-order valence-corrected chi connectivity index (χ0v) is 16.1. The van der Waals surface area contributed by atoms with Crippen molar-refractivity contribution < 1.29 is 4.79 Å². The second-order valence-corrected chi connectivity index (χ2v) is 7.58. The van der Waals surface area contributed by atoms with E-state index in [0.717, 1.165) is 25.9 Å². The quantitative estimate of drug-likeness (QED) is 0.537. The maximum absolute atomic E-state index is 12.4. The van der Waals surface area contributed by atoms with Gasteiger partial charge in [0.25, 0.3) is 0 Å². The van der Waals surface area contributed by atoms with E-state index in [1.165, 1.54) is 12.8 Å². The fourth-order valence-electron chi connectivity index (χ4n) is 2.60. The first-order chi connectivity index (χ1) is 10.3. The van der Waals surface area contributed by atoms with E-state index in [0.29, 0.717) is 24.4 Å². The summed E-state index contributed by atoms with van der Waals surface area (Å²) in [7, 11) is 0. The molecule has 1 N–H and O–H groups in total. The van der Waals surface area contributed by atoms with Crippen molar-refractivity contribution in [3.8, 4) is 0 Å². The van der Waals surface area contributed by atoms with Gasteiger partial charge in [-0.05, 0) is 37.0 Å². The number of hydrogen-bond acceptors (Lipinski definition) is 2. The molecule has 0 aliphatic rings. The highest BCUT2D eigenvalue weighted by atomic mass is 16.2. The predicted molar refractivity (Wildman–Crippen MR) is 96.7 cm³/mol. The monoisotopic (exact) mass is 312 g/mol. The van der Waals surface area contributed by atoms with Crippen molar-refractivity contribution in [1.29, 1.82) is 0 Å². The first kappa shape index (κ1) is 21.4. The summed E-state index contributed by atoms with van der Waals surface area (Å²) in [5, 5.41) is 3.18. The molecule has 0 fully saturated rings. The minimum Gasteiger partial charge on any atom is -0.343 e. The largest absolute Gasteiger partial charge is 0.343 e. The number of rotatable bonds is 12. The molecule has 3 nitrogen and oxygen atoms in total. The first-order valence-electron chi connectivity index (χ1n) is 9.31. The fraction of sp³-hybridized carbons (Fsp3) is 0.947. The molecule has 0 bridgehead atoms. The molecule has 0 spiro atoms. The summed E-state index contributed by atoms with van der Waals surface area (Å²) < 4.78 is 0. The van der Waals surface area contributed by atoms with Gasteiger partial charge in [-0.25, -0.2) is 0 Å². The minimum absolute atomic E-state index is 0.155. The molecule has 0 aliphatic carbocycles. The Morgan fingerprint density at radius 1 is 0.909 bits per heavy atom. The van der Waals surface area contributed by atoms with E-state index in [1.54, 1.807) is 0 Å². The molecule has 0 heterocycles. The van der Waals surface area contributed by atoms with Crippen molar-refractivity contribution in [3.05, 3.63) is 0 Å². The van der Waals surface area contributed by atoms with Crippen LogP contribution in [0.25, 0.3) is 0 Å². The maximum Gasteiger partial charge on any atom is 0.224 e. The summed E-state index contributed by atoms with van der Waals surface area (Å²) in [6, 6.07) is 0. The number of carbonyl (C=O) groups excluding carboxylic acids is 1. The van der Waals surface area contributed by atoms with Gasteiger partial charge in [-0.1, -0.05) is 54.9 Å². The van der Waals surface area contributed by atoms with Crippen LogP contribution in [0.2, 0.25) is 0 Å². The van der Waals surface area contributed by atoms with Gasteiger partial charge in [-0.3, -0.25) is 9.69 Å². The molecule has 2 unspecified atom stereocenters. The van der Waals surface area contributed by atoms with Crippen molar-refractivity contribution in [1.82, 2.24) is 10.2 Å². The fourth-order valence-corrected chi connectivity index (χ4v) is 2.60. The van der Waals surface area contributed by atoms with Crippen molar-refractivity contribution in [3.63, 3.8) is 0 Å². The highest BCUT2D eigenvalue weighted by molar-refractivity contribution is 5.78. The van der Waals surface area contributed by atoms with Crippen LogP contribution in [0.1, 0.15) is 74.1 Å². The third-order valence-corrected chi connectivity index (χ3v) is 4.63. The van der Waals surface area contributed by atoms with E-state index in [-0.39, 0.29) is 11.8 Å². The van der Waals surface area contributed by atoms with Crippen LogP contribution < -0.4 is 5.32 Å². The van der Waals surface area contributed by atoms with E-state index in [9.17, 15) is 4.79 Å². The van der Waals surface area contributed by atoms with Crippen molar-refractivity contribution in [2.75, 3.05) is 19.8 Å². The Hall–Kier alpha value is -0.570. The molecule has 0 aliphatic heterocycles. The van der Waals surface area contributed by atoms with E-state index in [2.05, 4.69) is 58.7 Å². The molecular formula is C19H40N2O. The molecule has 132 valence electrons. The standard InChI is InChI=1S/C19H40N2O/c1-8-17(7)18(9-2)19(22)20-14-21(12-10-15(3)4)13-11-16(5)6/h15-18H,8-14H2,1-7H3,(H,20,22). The molecule has 0 saturated carbocycles. The molecule has 1 amide bonds. The van der Waals surface area contributed by atoms with Crippen LogP contribution in [0, 0.1) is 23.7 Å². The van der Waals surface area contributed by atoms with Crippen LogP contribution in [0.15, 0.2) is 0 Å². The van der Waals surface area contributed by atoms with Gasteiger partial charge in [0.2, 0.25) is 5.91 Å². The average molecular weight is 313 g/mol. The summed E-state index contributed by atoms with van der Waals surface area (Å²) in [4.78, 5) is 14.8. The Morgan fingerprint density at radius 2 is 1.41 bits per heavy atom. The number of nitrogens with zero attached hydrogens (tertiary/aromatic N) is 1. The lowest BCUT2D eigenvalue weighted by Crippen LogP contribution is -2.42. The second-order valence-electron chi connectivity index (χ2n) is 7.58. The van der Waals surface area contributed by atoms with Crippen molar-refractivity contribution in [2.24, 2.45) is 23.7 Å². The normalized spacial score (nSPS) is 14.6. The van der Waals surface area contributed by atoms with Crippen molar-refractivity contribution >= 4 is 5.91 Å². The van der Waals surface area contributed by atoms with Crippen LogP contribution in [-0.4, -0.2) is 30.6 Å². The number of amides is 1. The first-order valence-corrected chi connectivity index (χ1v) is 9.31. The average Bonchev–Trinajstić information content (AvgIpc) is 2.46. The highest BCUT2D eigenvalue weighted by Crippen LogP contribution is 2.18. The number of nitrogens with one attached hydrogen (secondary N) is 1. The Bertz CT molecular complexity index is 277. The molecule has 0 radical (unpaired) electrons.